The minimum atomic E-state index is -1.13. The molecule has 2 fully saturated rings. The zero-order valence-corrected chi connectivity index (χ0v) is 17.9. The first-order valence-electron chi connectivity index (χ1n) is 10.4. The number of fused-ring (bicyclic) bond motifs is 1. The number of hydroxylamine groups is 1. The maximum atomic E-state index is 13.6. The number of nitro benzene ring substituents is 1. The van der Waals surface area contributed by atoms with Crippen molar-refractivity contribution in [2.45, 2.75) is 12.1 Å². The average molecular weight is 461 g/mol. The van der Waals surface area contributed by atoms with Gasteiger partial charge in [0.25, 0.3) is 11.6 Å². The van der Waals surface area contributed by atoms with E-state index in [1.165, 1.54) is 36.4 Å². The highest BCUT2D eigenvalue weighted by Gasteiger charge is 2.60. The summed E-state index contributed by atoms with van der Waals surface area (Å²) in [7, 11) is 1.40. The maximum Gasteiger partial charge on any atom is 0.271 e. The third kappa shape index (κ3) is 3.32. The van der Waals surface area contributed by atoms with E-state index < -0.39 is 34.8 Å². The fourth-order valence-electron chi connectivity index (χ4n) is 4.43. The number of benzene rings is 3. The number of non-ortho nitro benzene ring substituents is 1. The number of phenols is 1. The van der Waals surface area contributed by atoms with E-state index in [2.05, 4.69) is 0 Å². The van der Waals surface area contributed by atoms with Gasteiger partial charge in [0.05, 0.1) is 29.4 Å². The van der Waals surface area contributed by atoms with Gasteiger partial charge in [0.2, 0.25) is 5.91 Å². The Morgan fingerprint density at radius 2 is 1.71 bits per heavy atom. The number of methoxy groups -OCH3 is 1. The predicted octanol–water partition coefficient (Wildman–Crippen LogP) is 3.36. The number of hydrogen-bond donors (Lipinski definition) is 1. The molecule has 0 unspecified atom stereocenters. The second-order valence-corrected chi connectivity index (χ2v) is 7.88. The van der Waals surface area contributed by atoms with Gasteiger partial charge in [-0.3, -0.25) is 24.5 Å². The highest BCUT2D eigenvalue weighted by atomic mass is 16.7. The van der Waals surface area contributed by atoms with E-state index >= 15 is 0 Å². The molecule has 172 valence electrons. The van der Waals surface area contributed by atoms with Crippen molar-refractivity contribution in [3.63, 3.8) is 0 Å². The monoisotopic (exact) mass is 461 g/mol. The molecular weight excluding hydrogens is 442 g/mol. The van der Waals surface area contributed by atoms with Gasteiger partial charge in [-0.1, -0.05) is 30.3 Å². The largest absolute Gasteiger partial charge is 0.504 e. The normalized spacial score (nSPS) is 21.6. The number of ether oxygens (including phenoxy) is 1. The minimum Gasteiger partial charge on any atom is -0.504 e. The van der Waals surface area contributed by atoms with E-state index in [4.69, 9.17) is 9.57 Å². The number of aromatic hydroxyl groups is 1. The lowest BCUT2D eigenvalue weighted by Gasteiger charge is -2.29. The van der Waals surface area contributed by atoms with Crippen molar-refractivity contribution < 1.29 is 29.2 Å². The lowest BCUT2D eigenvalue weighted by atomic mass is 9.90. The van der Waals surface area contributed by atoms with Crippen LogP contribution < -0.4 is 14.7 Å². The standard InChI is InChI=1S/C24H19N3O7/c1-33-19-12-14(10-11-18(19)28)21-20-22(24(30)25(23(20)29)15-6-3-2-4-7-15)34-26(21)16-8-5-9-17(13-16)27(31)32/h2-13,20-22,28H,1H3/t20-,21+,22+/m0/s1. The molecule has 0 aliphatic carbocycles. The minimum absolute atomic E-state index is 0.0941. The van der Waals surface area contributed by atoms with Crippen LogP contribution in [-0.4, -0.2) is 35.1 Å². The Morgan fingerprint density at radius 1 is 0.971 bits per heavy atom. The van der Waals surface area contributed by atoms with Crippen LogP contribution in [0.15, 0.2) is 72.8 Å². The molecule has 2 aliphatic heterocycles. The summed E-state index contributed by atoms with van der Waals surface area (Å²) < 4.78 is 5.23. The molecule has 0 spiro atoms. The molecule has 1 N–H and O–H groups in total. The Bertz CT molecular complexity index is 1300. The number of imide groups is 1. The molecule has 3 atom stereocenters. The van der Waals surface area contributed by atoms with Gasteiger partial charge in [0.1, 0.15) is 5.92 Å². The number of rotatable bonds is 5. The Hall–Kier alpha value is -4.44. The molecule has 3 aromatic carbocycles. The number of carbonyl (C=O) groups is 2. The van der Waals surface area contributed by atoms with E-state index in [0.29, 0.717) is 16.9 Å². The van der Waals surface area contributed by atoms with Crippen LogP contribution in [0.1, 0.15) is 11.6 Å². The summed E-state index contributed by atoms with van der Waals surface area (Å²) in [5.74, 6) is -1.82. The van der Waals surface area contributed by atoms with Crippen LogP contribution in [0.25, 0.3) is 0 Å². The quantitative estimate of drug-likeness (QED) is 0.349. The van der Waals surface area contributed by atoms with Gasteiger partial charge >= 0.3 is 0 Å². The average Bonchev–Trinajstić information content (AvgIpc) is 3.36. The molecule has 0 bridgehead atoms. The van der Waals surface area contributed by atoms with E-state index in [-0.39, 0.29) is 17.2 Å². The number of hydrogen-bond acceptors (Lipinski definition) is 8. The van der Waals surface area contributed by atoms with Crippen LogP contribution in [0.2, 0.25) is 0 Å². The number of carbonyl (C=O) groups excluding carboxylic acids is 2. The predicted molar refractivity (Wildman–Crippen MR) is 120 cm³/mol. The van der Waals surface area contributed by atoms with Gasteiger partial charge < -0.3 is 9.84 Å². The van der Waals surface area contributed by atoms with Gasteiger partial charge in [-0.25, -0.2) is 9.96 Å². The van der Waals surface area contributed by atoms with Crippen LogP contribution in [0.3, 0.4) is 0 Å². The van der Waals surface area contributed by atoms with Crippen molar-refractivity contribution in [2.75, 3.05) is 17.1 Å². The third-order valence-corrected chi connectivity index (χ3v) is 5.97. The highest BCUT2D eigenvalue weighted by Crippen LogP contribution is 2.49. The van der Waals surface area contributed by atoms with E-state index in [1.54, 1.807) is 48.5 Å². The summed E-state index contributed by atoms with van der Waals surface area (Å²) in [6, 6.07) is 18.1. The Kier molecular flexibility index (Phi) is 5.14. The summed E-state index contributed by atoms with van der Waals surface area (Å²) in [6.07, 6.45) is -1.13. The topological polar surface area (TPSA) is 122 Å². The summed E-state index contributed by atoms with van der Waals surface area (Å²) in [4.78, 5) is 44.7. The Balaban J connectivity index is 1.62. The molecule has 34 heavy (non-hydrogen) atoms. The van der Waals surface area contributed by atoms with Crippen LogP contribution in [-0.2, 0) is 14.4 Å². The third-order valence-electron chi connectivity index (χ3n) is 5.97. The lowest BCUT2D eigenvalue weighted by Crippen LogP contribution is -2.37. The molecule has 0 aromatic heterocycles. The molecule has 2 heterocycles. The van der Waals surface area contributed by atoms with Crippen LogP contribution in [0.4, 0.5) is 17.1 Å². The summed E-state index contributed by atoms with van der Waals surface area (Å²) in [6.45, 7) is 0. The SMILES string of the molecule is COc1cc([C@@H]2[C@@H]3C(=O)N(c4ccccc4)C(=O)[C@@H]3ON2c2cccc([N+](=O)[O-])c2)ccc1O. The second-order valence-electron chi connectivity index (χ2n) is 7.88. The molecule has 2 aliphatic rings. The molecule has 2 saturated heterocycles. The first-order chi connectivity index (χ1) is 16.4. The smallest absolute Gasteiger partial charge is 0.271 e. The molecule has 10 heteroatoms. The Labute approximate surface area is 193 Å². The lowest BCUT2D eigenvalue weighted by molar-refractivity contribution is -0.384. The van der Waals surface area contributed by atoms with Crippen LogP contribution in [0, 0.1) is 16.0 Å². The number of para-hydroxylation sites is 1. The highest BCUT2D eigenvalue weighted by molar-refractivity contribution is 6.23. The van der Waals surface area contributed by atoms with E-state index in [0.717, 1.165) is 4.90 Å². The number of nitrogens with zero attached hydrogens (tertiary/aromatic N) is 3. The van der Waals surface area contributed by atoms with Crippen molar-refractivity contribution in [1.82, 2.24) is 0 Å². The number of anilines is 2. The van der Waals surface area contributed by atoms with Crippen molar-refractivity contribution >= 4 is 28.9 Å². The van der Waals surface area contributed by atoms with Gasteiger partial charge in [0, 0.05) is 12.1 Å². The molecule has 2 amide bonds. The van der Waals surface area contributed by atoms with Crippen molar-refractivity contribution in [1.29, 1.82) is 0 Å². The maximum absolute atomic E-state index is 13.6. The van der Waals surface area contributed by atoms with Crippen molar-refractivity contribution in [3.05, 3.63) is 88.5 Å². The zero-order chi connectivity index (χ0) is 24.0. The number of amides is 2. The van der Waals surface area contributed by atoms with Gasteiger partial charge in [-0.05, 0) is 35.9 Å². The summed E-state index contributed by atoms with van der Waals surface area (Å²) >= 11 is 0. The fraction of sp³-hybridized carbons (Fsp3) is 0.167. The van der Waals surface area contributed by atoms with Crippen molar-refractivity contribution in [3.8, 4) is 11.5 Å². The van der Waals surface area contributed by atoms with Gasteiger partial charge in [0.15, 0.2) is 17.6 Å². The molecule has 3 aromatic rings. The van der Waals surface area contributed by atoms with Gasteiger partial charge in [-0.2, -0.15) is 0 Å². The van der Waals surface area contributed by atoms with Gasteiger partial charge in [-0.15, -0.1) is 0 Å². The molecule has 10 nitrogen and oxygen atoms in total. The first kappa shape index (κ1) is 21.4. The van der Waals surface area contributed by atoms with E-state index in [9.17, 15) is 24.8 Å². The second kappa shape index (κ2) is 8.16. The van der Waals surface area contributed by atoms with Crippen LogP contribution in [0.5, 0.6) is 11.5 Å². The first-order valence-corrected chi connectivity index (χ1v) is 10.4. The van der Waals surface area contributed by atoms with Crippen LogP contribution >= 0.6 is 0 Å². The Morgan fingerprint density at radius 3 is 2.41 bits per heavy atom. The number of nitro groups is 1. The van der Waals surface area contributed by atoms with E-state index in [1.807, 2.05) is 0 Å². The number of phenolic OH excluding ortho intramolecular Hbond substituents is 1. The zero-order valence-electron chi connectivity index (χ0n) is 17.9. The summed E-state index contributed by atoms with van der Waals surface area (Å²) in [5.41, 5.74) is 1.11. The molecule has 0 saturated carbocycles. The molecule has 0 radical (unpaired) electrons. The summed E-state index contributed by atoms with van der Waals surface area (Å²) in [5, 5.41) is 22.7. The van der Waals surface area contributed by atoms with Crippen molar-refractivity contribution in [2.24, 2.45) is 5.92 Å². The fourth-order valence-corrected chi connectivity index (χ4v) is 4.43. The molecular formula is C24H19N3O7. The molecule has 5 rings (SSSR count).